The number of hydrogen-bond acceptors (Lipinski definition) is 8. The maximum atomic E-state index is 13.5. The number of aliphatic hydroxyl groups is 1. The summed E-state index contributed by atoms with van der Waals surface area (Å²) in [6, 6.07) is 8.26. The van der Waals surface area contributed by atoms with Crippen LogP contribution in [-0.4, -0.2) is 40.9 Å². The van der Waals surface area contributed by atoms with Crippen LogP contribution in [0.1, 0.15) is 45.8 Å². The molecule has 2 N–H and O–H groups in total. The number of hydrogen-bond donors (Lipinski definition) is 2. The summed E-state index contributed by atoms with van der Waals surface area (Å²) in [5.74, 6) is -1.41. The minimum Gasteiger partial charge on any atom is -0.435 e. The van der Waals surface area contributed by atoms with Crippen LogP contribution >= 0.6 is 0 Å². The van der Waals surface area contributed by atoms with Gasteiger partial charge in [-0.2, -0.15) is 13.2 Å². The van der Waals surface area contributed by atoms with E-state index in [4.69, 9.17) is 4.74 Å². The average molecular weight is 523 g/mol. The summed E-state index contributed by atoms with van der Waals surface area (Å²) >= 11 is 0. The van der Waals surface area contributed by atoms with Crippen molar-refractivity contribution in [3.05, 3.63) is 64.6 Å². The van der Waals surface area contributed by atoms with Crippen LogP contribution in [0.4, 0.5) is 18.9 Å². The molecule has 1 aliphatic carbocycles. The fourth-order valence-corrected chi connectivity index (χ4v) is 4.17. The third kappa shape index (κ3) is 5.16. The lowest BCUT2D eigenvalue weighted by Crippen LogP contribution is -2.21. The molecule has 0 spiro atoms. The fraction of sp³-hybridized carbons (Fsp3) is 0.304. The van der Waals surface area contributed by atoms with E-state index < -0.39 is 50.2 Å². The van der Waals surface area contributed by atoms with E-state index in [1.807, 2.05) is 0 Å². The SMILES string of the molecule is Cc1nc(C2(O)CC2)ccc1Oc1nnc(C(F)(F)F)c(C)c1C(=O)Nc1cccc(S(C)(=O)=O)c1. The number of anilines is 1. The molecule has 4 rings (SSSR count). The molecule has 13 heteroatoms. The Labute approximate surface area is 204 Å². The number of aromatic nitrogens is 3. The molecule has 1 aromatic carbocycles. The van der Waals surface area contributed by atoms with E-state index in [9.17, 15) is 31.5 Å². The van der Waals surface area contributed by atoms with Gasteiger partial charge in [-0.15, -0.1) is 10.2 Å². The fourth-order valence-electron chi connectivity index (χ4n) is 3.50. The zero-order valence-electron chi connectivity index (χ0n) is 19.3. The highest BCUT2D eigenvalue weighted by Gasteiger charge is 2.44. The molecule has 1 aliphatic rings. The monoisotopic (exact) mass is 522 g/mol. The van der Waals surface area contributed by atoms with Crippen LogP contribution in [0.25, 0.3) is 0 Å². The van der Waals surface area contributed by atoms with E-state index in [0.29, 0.717) is 24.2 Å². The predicted octanol–water partition coefficient (Wildman–Crippen LogP) is 3.94. The van der Waals surface area contributed by atoms with Gasteiger partial charge in [0.2, 0.25) is 0 Å². The van der Waals surface area contributed by atoms with Gasteiger partial charge in [0.15, 0.2) is 21.3 Å². The summed E-state index contributed by atoms with van der Waals surface area (Å²) in [4.78, 5) is 17.4. The summed E-state index contributed by atoms with van der Waals surface area (Å²) in [6.07, 6.45) is -2.78. The normalized spacial score (nSPS) is 14.9. The number of amides is 1. The van der Waals surface area contributed by atoms with Gasteiger partial charge >= 0.3 is 6.18 Å². The second-order valence-electron chi connectivity index (χ2n) is 8.52. The lowest BCUT2D eigenvalue weighted by Gasteiger charge is -2.17. The van der Waals surface area contributed by atoms with Crippen LogP contribution in [0.15, 0.2) is 41.3 Å². The second-order valence-corrected chi connectivity index (χ2v) is 10.5. The van der Waals surface area contributed by atoms with Crippen LogP contribution < -0.4 is 10.1 Å². The van der Waals surface area contributed by atoms with Gasteiger partial charge in [-0.05, 0) is 62.6 Å². The van der Waals surface area contributed by atoms with Gasteiger partial charge in [-0.1, -0.05) is 6.07 Å². The predicted molar refractivity (Wildman–Crippen MR) is 121 cm³/mol. The van der Waals surface area contributed by atoms with E-state index in [1.54, 1.807) is 6.92 Å². The minimum absolute atomic E-state index is 0.0403. The van der Waals surface area contributed by atoms with Gasteiger partial charge in [0.1, 0.15) is 11.2 Å². The Balaban J connectivity index is 1.73. The van der Waals surface area contributed by atoms with E-state index in [1.165, 1.54) is 36.4 Å². The molecular formula is C23H21F3N4O5S. The van der Waals surface area contributed by atoms with Crippen LogP contribution in [0.2, 0.25) is 0 Å². The summed E-state index contributed by atoms with van der Waals surface area (Å²) < 4.78 is 69.9. The maximum absolute atomic E-state index is 13.5. The number of nitrogens with one attached hydrogen (secondary N) is 1. The van der Waals surface area contributed by atoms with Crippen molar-refractivity contribution in [1.29, 1.82) is 0 Å². The molecule has 36 heavy (non-hydrogen) atoms. The third-order valence-corrected chi connectivity index (χ3v) is 6.76. The first-order valence-corrected chi connectivity index (χ1v) is 12.5. The highest BCUT2D eigenvalue weighted by atomic mass is 32.2. The number of nitrogens with zero attached hydrogens (tertiary/aromatic N) is 3. The highest BCUT2D eigenvalue weighted by Crippen LogP contribution is 2.45. The Bertz CT molecular complexity index is 1470. The van der Waals surface area contributed by atoms with E-state index >= 15 is 0 Å². The standard InChI is InChI=1S/C23H21F3N4O5S/c1-12-18(20(31)28-14-5-4-6-15(11-14)36(3,33)34)21(30-29-19(12)23(24,25)26)35-16-7-8-17(27-13(16)2)22(32)9-10-22/h4-8,11,32H,9-10H2,1-3H3,(H,28,31). The van der Waals surface area contributed by atoms with Gasteiger partial charge in [0, 0.05) is 11.9 Å². The zero-order chi connectivity index (χ0) is 26.5. The lowest BCUT2D eigenvalue weighted by atomic mass is 10.1. The van der Waals surface area contributed by atoms with Crippen molar-refractivity contribution >= 4 is 21.4 Å². The number of alkyl halides is 3. The Morgan fingerprint density at radius 2 is 1.83 bits per heavy atom. The Morgan fingerprint density at radius 3 is 2.42 bits per heavy atom. The first-order chi connectivity index (χ1) is 16.7. The van der Waals surface area contributed by atoms with E-state index in [-0.39, 0.29) is 16.3 Å². The third-order valence-electron chi connectivity index (χ3n) is 5.64. The molecule has 0 unspecified atom stereocenters. The largest absolute Gasteiger partial charge is 0.435 e. The summed E-state index contributed by atoms with van der Waals surface area (Å²) in [5.41, 5.74) is -2.64. The van der Waals surface area contributed by atoms with Gasteiger partial charge in [0.05, 0.1) is 16.3 Å². The number of carbonyl (C=O) groups excluding carboxylic acids is 1. The molecule has 0 aliphatic heterocycles. The summed E-state index contributed by atoms with van der Waals surface area (Å²) in [5, 5.41) is 19.4. The Kier molecular flexibility index (Phi) is 6.25. The zero-order valence-corrected chi connectivity index (χ0v) is 20.2. The number of aryl methyl sites for hydroxylation is 1. The quantitative estimate of drug-likeness (QED) is 0.498. The smallest absolute Gasteiger partial charge is 0.435 e. The minimum atomic E-state index is -4.89. The molecule has 190 valence electrons. The first-order valence-electron chi connectivity index (χ1n) is 10.6. The Hall–Kier alpha value is -3.58. The maximum Gasteiger partial charge on any atom is 0.435 e. The van der Waals surface area contributed by atoms with Gasteiger partial charge in [0.25, 0.3) is 11.8 Å². The molecule has 2 aromatic heterocycles. The molecule has 9 nitrogen and oxygen atoms in total. The average Bonchev–Trinajstić information content (AvgIpc) is 3.52. The van der Waals surface area contributed by atoms with Crippen molar-refractivity contribution in [3.63, 3.8) is 0 Å². The summed E-state index contributed by atoms with van der Waals surface area (Å²) in [6.45, 7) is 2.63. The van der Waals surface area contributed by atoms with Gasteiger partial charge < -0.3 is 15.2 Å². The van der Waals surface area contributed by atoms with Crippen LogP contribution in [-0.2, 0) is 21.6 Å². The summed E-state index contributed by atoms with van der Waals surface area (Å²) in [7, 11) is -3.60. The van der Waals surface area contributed by atoms with Crippen molar-refractivity contribution in [2.45, 2.75) is 43.4 Å². The number of halogens is 3. The highest BCUT2D eigenvalue weighted by molar-refractivity contribution is 7.90. The lowest BCUT2D eigenvalue weighted by molar-refractivity contribution is -0.142. The molecule has 0 saturated heterocycles. The number of carbonyl (C=O) groups is 1. The molecule has 1 saturated carbocycles. The number of pyridine rings is 1. The van der Waals surface area contributed by atoms with Crippen molar-refractivity contribution in [2.75, 3.05) is 11.6 Å². The Morgan fingerprint density at radius 1 is 1.14 bits per heavy atom. The van der Waals surface area contributed by atoms with Crippen molar-refractivity contribution in [1.82, 2.24) is 15.2 Å². The molecule has 1 amide bonds. The second kappa shape index (κ2) is 8.82. The van der Waals surface area contributed by atoms with Gasteiger partial charge in [-0.3, -0.25) is 9.78 Å². The van der Waals surface area contributed by atoms with Crippen LogP contribution in [0.5, 0.6) is 11.6 Å². The molecule has 0 atom stereocenters. The molecule has 0 bridgehead atoms. The van der Waals surface area contributed by atoms with Gasteiger partial charge in [-0.25, -0.2) is 8.42 Å². The molecule has 0 radical (unpaired) electrons. The van der Waals surface area contributed by atoms with Crippen LogP contribution in [0.3, 0.4) is 0 Å². The van der Waals surface area contributed by atoms with E-state index in [0.717, 1.165) is 13.2 Å². The molecular weight excluding hydrogens is 501 g/mol. The number of sulfone groups is 1. The number of rotatable bonds is 6. The van der Waals surface area contributed by atoms with Crippen molar-refractivity contribution < 1.29 is 36.2 Å². The number of benzene rings is 1. The van der Waals surface area contributed by atoms with Crippen molar-refractivity contribution in [2.24, 2.45) is 0 Å². The van der Waals surface area contributed by atoms with E-state index in [2.05, 4.69) is 20.5 Å². The topological polar surface area (TPSA) is 131 Å². The number of ether oxygens (including phenoxy) is 1. The molecule has 3 aromatic rings. The first kappa shape index (κ1) is 25.5. The van der Waals surface area contributed by atoms with Crippen molar-refractivity contribution in [3.8, 4) is 11.6 Å². The molecule has 1 fully saturated rings. The molecule has 2 heterocycles. The van der Waals surface area contributed by atoms with Crippen LogP contribution in [0, 0.1) is 13.8 Å².